The molecule has 0 bridgehead atoms. The SMILES string of the molecule is N#Cc1ccc(N2CC[C@@]3(CO)CN(C(=O)C4CCC4)C[C@H]3C2)cc1C(F)(F)F. The minimum atomic E-state index is -4.59. The molecule has 4 rings (SSSR count). The number of piperidine rings is 1. The number of hydrogen-bond donors (Lipinski definition) is 1. The van der Waals surface area contributed by atoms with Gasteiger partial charge in [0.15, 0.2) is 0 Å². The van der Waals surface area contributed by atoms with E-state index in [1.54, 1.807) is 12.1 Å². The fourth-order valence-corrected chi connectivity index (χ4v) is 4.92. The molecule has 3 aliphatic rings. The third-order valence-electron chi connectivity index (χ3n) is 7.01. The standard InChI is InChI=1S/C21H24F3N3O2/c22-21(23,24)18-8-17(5-4-15(18)9-25)26-7-6-20(13-28)12-27(11-16(20)10-26)19(29)14-2-1-3-14/h4-5,8,14,16,28H,1-3,6-7,10-13H2/t16-,20+/m1/s1. The highest BCUT2D eigenvalue weighted by atomic mass is 19.4. The highest BCUT2D eigenvalue weighted by Crippen LogP contribution is 2.45. The zero-order valence-electron chi connectivity index (χ0n) is 16.1. The summed E-state index contributed by atoms with van der Waals surface area (Å²) in [5, 5.41) is 19.1. The molecule has 1 aromatic carbocycles. The van der Waals surface area contributed by atoms with Crippen molar-refractivity contribution >= 4 is 11.6 Å². The van der Waals surface area contributed by atoms with Crippen LogP contribution < -0.4 is 4.90 Å². The molecule has 8 heteroatoms. The molecule has 156 valence electrons. The molecular formula is C21H24F3N3O2. The first-order chi connectivity index (χ1) is 13.8. The summed E-state index contributed by atoms with van der Waals surface area (Å²) in [4.78, 5) is 16.4. The number of carbonyl (C=O) groups is 1. The van der Waals surface area contributed by atoms with Crippen LogP contribution in [0.25, 0.3) is 0 Å². The fourth-order valence-electron chi connectivity index (χ4n) is 4.92. The lowest BCUT2D eigenvalue weighted by molar-refractivity contribution is -0.138. The van der Waals surface area contributed by atoms with E-state index >= 15 is 0 Å². The topological polar surface area (TPSA) is 67.6 Å². The summed E-state index contributed by atoms with van der Waals surface area (Å²) in [6.07, 6.45) is -1.06. The van der Waals surface area contributed by atoms with Gasteiger partial charge in [0, 0.05) is 49.1 Å². The van der Waals surface area contributed by atoms with E-state index in [4.69, 9.17) is 5.26 Å². The van der Waals surface area contributed by atoms with E-state index < -0.39 is 11.7 Å². The number of fused-ring (bicyclic) bond motifs is 1. The number of rotatable bonds is 3. The van der Waals surface area contributed by atoms with Crippen molar-refractivity contribution in [1.29, 1.82) is 5.26 Å². The van der Waals surface area contributed by atoms with E-state index in [9.17, 15) is 23.1 Å². The summed E-state index contributed by atoms with van der Waals surface area (Å²) < 4.78 is 40.0. The van der Waals surface area contributed by atoms with Gasteiger partial charge in [0.2, 0.25) is 5.91 Å². The van der Waals surface area contributed by atoms with E-state index in [2.05, 4.69) is 0 Å². The van der Waals surface area contributed by atoms with Crippen LogP contribution in [0.15, 0.2) is 18.2 Å². The molecular weight excluding hydrogens is 383 g/mol. The van der Waals surface area contributed by atoms with Crippen LogP contribution in [0.1, 0.15) is 36.8 Å². The summed E-state index contributed by atoms with van der Waals surface area (Å²) in [7, 11) is 0. The lowest BCUT2D eigenvalue weighted by Crippen LogP contribution is -2.49. The van der Waals surface area contributed by atoms with Gasteiger partial charge in [-0.05, 0) is 37.5 Å². The Kier molecular flexibility index (Phi) is 4.97. The van der Waals surface area contributed by atoms with Gasteiger partial charge in [0.1, 0.15) is 0 Å². The van der Waals surface area contributed by atoms with E-state index in [0.717, 1.165) is 25.3 Å². The zero-order valence-corrected chi connectivity index (χ0v) is 16.1. The van der Waals surface area contributed by atoms with Crippen molar-refractivity contribution in [2.45, 2.75) is 31.9 Å². The molecule has 0 spiro atoms. The van der Waals surface area contributed by atoms with Crippen LogP contribution in [0, 0.1) is 28.6 Å². The normalized spacial score (nSPS) is 27.3. The number of aliphatic hydroxyl groups is 1. The van der Waals surface area contributed by atoms with Gasteiger partial charge < -0.3 is 14.9 Å². The Labute approximate surface area is 167 Å². The Morgan fingerprint density at radius 1 is 1.31 bits per heavy atom. The van der Waals surface area contributed by atoms with E-state index in [1.807, 2.05) is 9.80 Å². The minimum absolute atomic E-state index is 0.00950. The van der Waals surface area contributed by atoms with Crippen molar-refractivity contribution in [2.75, 3.05) is 37.7 Å². The van der Waals surface area contributed by atoms with Gasteiger partial charge in [-0.25, -0.2) is 0 Å². The maximum atomic E-state index is 13.3. The molecule has 1 saturated carbocycles. The minimum Gasteiger partial charge on any atom is -0.396 e. The Morgan fingerprint density at radius 3 is 2.66 bits per heavy atom. The number of likely N-dealkylation sites (tertiary alicyclic amines) is 1. The second kappa shape index (κ2) is 7.21. The van der Waals surface area contributed by atoms with Crippen LogP contribution in [0.2, 0.25) is 0 Å². The van der Waals surface area contributed by atoms with Crippen molar-refractivity contribution in [3.05, 3.63) is 29.3 Å². The highest BCUT2D eigenvalue weighted by Gasteiger charge is 2.51. The number of amides is 1. The number of halogens is 3. The third kappa shape index (κ3) is 3.46. The molecule has 3 fully saturated rings. The molecule has 29 heavy (non-hydrogen) atoms. The first-order valence-electron chi connectivity index (χ1n) is 10.0. The molecule has 1 aliphatic carbocycles. The molecule has 2 saturated heterocycles. The predicted molar refractivity (Wildman–Crippen MR) is 99.9 cm³/mol. The Hall–Kier alpha value is -2.27. The Balaban J connectivity index is 1.55. The monoisotopic (exact) mass is 407 g/mol. The van der Waals surface area contributed by atoms with E-state index in [0.29, 0.717) is 38.3 Å². The summed E-state index contributed by atoms with van der Waals surface area (Å²) in [5.41, 5.74) is -1.27. The first kappa shape index (κ1) is 20.0. The molecule has 2 atom stereocenters. The number of benzene rings is 1. The maximum absolute atomic E-state index is 13.3. The van der Waals surface area contributed by atoms with Crippen LogP contribution in [0.5, 0.6) is 0 Å². The number of hydrogen-bond acceptors (Lipinski definition) is 4. The molecule has 1 N–H and O–H groups in total. The molecule has 1 aromatic rings. The van der Waals surface area contributed by atoms with Gasteiger partial charge in [0.05, 0.1) is 23.8 Å². The molecule has 1 amide bonds. The average Bonchev–Trinajstić information content (AvgIpc) is 3.04. The summed E-state index contributed by atoms with van der Waals surface area (Å²) >= 11 is 0. The number of anilines is 1. The summed E-state index contributed by atoms with van der Waals surface area (Å²) in [6.45, 7) is 2.03. The quantitative estimate of drug-likeness (QED) is 0.837. The van der Waals surface area contributed by atoms with Crippen LogP contribution in [0.3, 0.4) is 0 Å². The Bertz CT molecular complexity index is 847. The van der Waals surface area contributed by atoms with Crippen LogP contribution >= 0.6 is 0 Å². The molecule has 2 heterocycles. The maximum Gasteiger partial charge on any atom is 0.417 e. The highest BCUT2D eigenvalue weighted by molar-refractivity contribution is 5.80. The molecule has 0 aromatic heterocycles. The average molecular weight is 407 g/mol. The second-order valence-electron chi connectivity index (χ2n) is 8.60. The molecule has 5 nitrogen and oxygen atoms in total. The van der Waals surface area contributed by atoms with Crippen LogP contribution in [-0.2, 0) is 11.0 Å². The van der Waals surface area contributed by atoms with Crippen molar-refractivity contribution < 1.29 is 23.1 Å². The number of carbonyl (C=O) groups excluding carboxylic acids is 1. The second-order valence-corrected chi connectivity index (χ2v) is 8.60. The van der Waals surface area contributed by atoms with Gasteiger partial charge >= 0.3 is 6.18 Å². The van der Waals surface area contributed by atoms with Gasteiger partial charge in [-0.15, -0.1) is 0 Å². The van der Waals surface area contributed by atoms with Crippen LogP contribution in [0.4, 0.5) is 18.9 Å². The van der Waals surface area contributed by atoms with Gasteiger partial charge in [0.25, 0.3) is 0 Å². The first-order valence-corrected chi connectivity index (χ1v) is 10.0. The van der Waals surface area contributed by atoms with Crippen molar-refractivity contribution in [2.24, 2.45) is 17.3 Å². The number of nitrogens with zero attached hydrogens (tertiary/aromatic N) is 3. The third-order valence-corrected chi connectivity index (χ3v) is 7.01. The van der Waals surface area contributed by atoms with Crippen molar-refractivity contribution in [3.8, 4) is 6.07 Å². The van der Waals surface area contributed by atoms with Gasteiger partial charge in [-0.3, -0.25) is 4.79 Å². The lowest BCUT2D eigenvalue weighted by Gasteiger charge is -2.43. The van der Waals surface area contributed by atoms with Gasteiger partial charge in [-0.1, -0.05) is 6.42 Å². The van der Waals surface area contributed by atoms with Gasteiger partial charge in [-0.2, -0.15) is 18.4 Å². The van der Waals surface area contributed by atoms with Crippen molar-refractivity contribution in [3.63, 3.8) is 0 Å². The smallest absolute Gasteiger partial charge is 0.396 e. The number of aliphatic hydroxyl groups excluding tert-OH is 1. The van der Waals surface area contributed by atoms with Crippen LogP contribution in [-0.4, -0.2) is 48.7 Å². The summed E-state index contributed by atoms with van der Waals surface area (Å²) in [6, 6.07) is 5.41. The lowest BCUT2D eigenvalue weighted by atomic mass is 9.73. The van der Waals surface area contributed by atoms with E-state index in [-0.39, 0.29) is 35.3 Å². The fraction of sp³-hybridized carbons (Fsp3) is 0.619. The molecule has 0 unspecified atom stereocenters. The van der Waals surface area contributed by atoms with Crippen molar-refractivity contribution in [1.82, 2.24) is 4.90 Å². The summed E-state index contributed by atoms with van der Waals surface area (Å²) in [5.74, 6) is 0.257. The Morgan fingerprint density at radius 2 is 2.07 bits per heavy atom. The molecule has 0 radical (unpaired) electrons. The molecule has 2 aliphatic heterocycles. The van der Waals surface area contributed by atoms with E-state index in [1.165, 1.54) is 6.07 Å². The number of nitriles is 1. The zero-order chi connectivity index (χ0) is 20.8. The number of alkyl halides is 3. The largest absolute Gasteiger partial charge is 0.417 e. The predicted octanol–water partition coefficient (Wildman–Crippen LogP) is 3.02.